The van der Waals surface area contributed by atoms with Gasteiger partial charge >= 0.3 is 0 Å². The number of nitro groups is 1. The fourth-order valence-corrected chi connectivity index (χ4v) is 1.92. The van der Waals surface area contributed by atoms with Gasteiger partial charge in [0.15, 0.2) is 5.69 Å². The van der Waals surface area contributed by atoms with Crippen LogP contribution in [0.15, 0.2) is 42.7 Å². The van der Waals surface area contributed by atoms with Gasteiger partial charge in [0, 0.05) is 12.1 Å². The fraction of sp³-hybridized carbons (Fsp3) is 0.0714. The maximum atomic E-state index is 12.1. The molecule has 0 amide bonds. The van der Waals surface area contributed by atoms with Crippen LogP contribution in [0.2, 0.25) is 0 Å². The molecule has 0 aliphatic heterocycles. The number of rotatable bonds is 6. The second kappa shape index (κ2) is 6.60. The summed E-state index contributed by atoms with van der Waals surface area (Å²) in [5, 5.41) is 28.2. The minimum atomic E-state index is -0.480. The minimum Gasteiger partial charge on any atom is -0.287 e. The number of aromatic amines is 1. The minimum absolute atomic E-state index is 0.00489. The normalized spacial score (nSPS) is 11.0. The van der Waals surface area contributed by atoms with Crippen molar-refractivity contribution in [3.63, 3.8) is 0 Å². The lowest BCUT2D eigenvalue weighted by Gasteiger charge is -1.94. The molecule has 3 aromatic rings. The van der Waals surface area contributed by atoms with Crippen LogP contribution in [0.4, 0.5) is 5.69 Å². The number of hydrogen-bond acceptors (Lipinski definition) is 7. The van der Waals surface area contributed by atoms with E-state index in [0.29, 0.717) is 12.1 Å². The highest BCUT2D eigenvalue weighted by Gasteiger charge is 2.09. The largest absolute Gasteiger partial charge is 0.287 e. The average molecular weight is 325 g/mol. The molecule has 10 nitrogen and oxygen atoms in total. The van der Waals surface area contributed by atoms with Gasteiger partial charge in [0.05, 0.1) is 29.6 Å². The van der Waals surface area contributed by atoms with E-state index >= 15 is 0 Å². The Hall–Kier alpha value is -3.69. The van der Waals surface area contributed by atoms with Gasteiger partial charge in [-0.15, -0.1) is 10.2 Å². The van der Waals surface area contributed by atoms with Crippen LogP contribution in [-0.2, 0) is 6.54 Å². The Labute approximate surface area is 135 Å². The summed E-state index contributed by atoms with van der Waals surface area (Å²) in [6.07, 6.45) is 5.97. The first-order valence-corrected chi connectivity index (χ1v) is 6.84. The van der Waals surface area contributed by atoms with Crippen LogP contribution in [0.3, 0.4) is 0 Å². The monoisotopic (exact) mass is 325 g/mol. The molecular formula is C14H11N7O3. The number of hydrogen-bond donors (Lipinski definition) is 1. The van der Waals surface area contributed by atoms with Crippen LogP contribution < -0.4 is 0 Å². The van der Waals surface area contributed by atoms with Gasteiger partial charge in [-0.2, -0.15) is 0 Å². The van der Waals surface area contributed by atoms with Crippen molar-refractivity contribution in [1.82, 2.24) is 30.4 Å². The molecule has 24 heavy (non-hydrogen) atoms. The number of carbonyl (C=O) groups is 1. The molecule has 0 fully saturated rings. The van der Waals surface area contributed by atoms with Crippen LogP contribution in [0.1, 0.15) is 21.7 Å². The number of nitro benzene ring substituents is 1. The van der Waals surface area contributed by atoms with Gasteiger partial charge in [0.1, 0.15) is 0 Å². The van der Waals surface area contributed by atoms with E-state index in [1.165, 1.54) is 29.1 Å². The van der Waals surface area contributed by atoms with E-state index < -0.39 is 4.92 Å². The van der Waals surface area contributed by atoms with Crippen molar-refractivity contribution in [3.05, 3.63) is 69.8 Å². The van der Waals surface area contributed by atoms with Crippen molar-refractivity contribution in [1.29, 1.82) is 0 Å². The van der Waals surface area contributed by atoms with Crippen LogP contribution in [0.5, 0.6) is 0 Å². The maximum Gasteiger partial charge on any atom is 0.269 e. The second-order valence-electron chi connectivity index (χ2n) is 4.83. The summed E-state index contributed by atoms with van der Waals surface area (Å²) in [4.78, 5) is 22.2. The van der Waals surface area contributed by atoms with Crippen molar-refractivity contribution < 1.29 is 9.72 Å². The van der Waals surface area contributed by atoms with Crippen LogP contribution in [0, 0.1) is 10.1 Å². The van der Waals surface area contributed by atoms with E-state index in [9.17, 15) is 14.9 Å². The third-order valence-electron chi connectivity index (χ3n) is 3.12. The van der Waals surface area contributed by atoms with E-state index in [4.69, 9.17) is 0 Å². The number of H-pyrrole nitrogens is 1. The zero-order chi connectivity index (χ0) is 16.9. The molecule has 0 saturated carbocycles. The summed E-state index contributed by atoms with van der Waals surface area (Å²) >= 11 is 0. The Balaban J connectivity index is 1.66. The van der Waals surface area contributed by atoms with Crippen LogP contribution in [0.25, 0.3) is 6.08 Å². The van der Waals surface area contributed by atoms with E-state index in [-0.39, 0.29) is 17.2 Å². The SMILES string of the molecule is O=C(C=Cc1ccc([N+](=O)[O-])cc1)c1cn(Cc2cnn[nH]2)nn1. The van der Waals surface area contributed by atoms with Gasteiger partial charge in [0.2, 0.25) is 5.78 Å². The van der Waals surface area contributed by atoms with Gasteiger partial charge in [-0.05, 0) is 23.8 Å². The van der Waals surface area contributed by atoms with Gasteiger partial charge in [0.25, 0.3) is 5.69 Å². The topological polar surface area (TPSA) is 132 Å². The summed E-state index contributed by atoms with van der Waals surface area (Å²) in [5.41, 5.74) is 1.60. The Morgan fingerprint density at radius 1 is 1.33 bits per heavy atom. The average Bonchev–Trinajstić information content (AvgIpc) is 3.25. The first kappa shape index (κ1) is 15.2. The summed E-state index contributed by atoms with van der Waals surface area (Å²) in [7, 11) is 0. The molecule has 2 aromatic heterocycles. The molecule has 1 N–H and O–H groups in total. The number of nitrogens with zero attached hydrogens (tertiary/aromatic N) is 6. The number of carbonyl (C=O) groups excluding carboxylic acids is 1. The molecule has 0 bridgehead atoms. The molecule has 0 saturated heterocycles. The lowest BCUT2D eigenvalue weighted by molar-refractivity contribution is -0.384. The summed E-state index contributed by atoms with van der Waals surface area (Å²) < 4.78 is 1.49. The Kier molecular flexibility index (Phi) is 4.19. The predicted octanol–water partition coefficient (Wildman–Crippen LogP) is 1.25. The van der Waals surface area contributed by atoms with E-state index in [2.05, 4.69) is 25.7 Å². The van der Waals surface area contributed by atoms with E-state index in [1.54, 1.807) is 24.4 Å². The number of nitrogens with one attached hydrogen (secondary N) is 1. The lowest BCUT2D eigenvalue weighted by Crippen LogP contribution is -2.00. The quantitative estimate of drug-likeness (QED) is 0.312. The van der Waals surface area contributed by atoms with Crippen molar-refractivity contribution in [3.8, 4) is 0 Å². The fourth-order valence-electron chi connectivity index (χ4n) is 1.92. The molecule has 120 valence electrons. The standard InChI is InChI=1S/C14H11N7O3/c22-14(6-3-10-1-4-12(5-2-10)21(23)24)13-9-20(19-17-13)8-11-7-15-18-16-11/h1-7,9H,8H2,(H,15,16,18). The maximum absolute atomic E-state index is 12.1. The van der Waals surface area contributed by atoms with E-state index in [1.807, 2.05) is 0 Å². The first-order chi connectivity index (χ1) is 11.6. The van der Waals surface area contributed by atoms with E-state index in [0.717, 1.165) is 5.69 Å². The third-order valence-corrected chi connectivity index (χ3v) is 3.12. The summed E-state index contributed by atoms with van der Waals surface area (Å²) in [6.45, 7) is 0.374. The highest BCUT2D eigenvalue weighted by atomic mass is 16.6. The molecule has 10 heteroatoms. The van der Waals surface area contributed by atoms with Crippen molar-refractivity contribution in [2.24, 2.45) is 0 Å². The van der Waals surface area contributed by atoms with Gasteiger partial charge in [-0.25, -0.2) is 4.68 Å². The summed E-state index contributed by atoms with van der Waals surface area (Å²) in [6, 6.07) is 5.87. The lowest BCUT2D eigenvalue weighted by atomic mass is 10.1. The van der Waals surface area contributed by atoms with Crippen molar-refractivity contribution >= 4 is 17.5 Å². The van der Waals surface area contributed by atoms with Gasteiger partial charge in [-0.3, -0.25) is 20.0 Å². The zero-order valence-corrected chi connectivity index (χ0v) is 12.2. The molecule has 0 aliphatic carbocycles. The Morgan fingerprint density at radius 2 is 2.12 bits per heavy atom. The number of non-ortho nitro benzene ring substituents is 1. The van der Waals surface area contributed by atoms with Crippen LogP contribution in [-0.4, -0.2) is 41.1 Å². The molecule has 3 rings (SSSR count). The highest BCUT2D eigenvalue weighted by molar-refractivity contribution is 6.05. The van der Waals surface area contributed by atoms with Crippen molar-refractivity contribution in [2.75, 3.05) is 0 Å². The van der Waals surface area contributed by atoms with Crippen LogP contribution >= 0.6 is 0 Å². The number of benzene rings is 1. The second-order valence-corrected chi connectivity index (χ2v) is 4.83. The molecule has 0 aliphatic rings. The van der Waals surface area contributed by atoms with Gasteiger partial charge in [-0.1, -0.05) is 16.5 Å². The third kappa shape index (κ3) is 3.55. The summed E-state index contributed by atoms with van der Waals surface area (Å²) in [5.74, 6) is -0.317. The zero-order valence-electron chi connectivity index (χ0n) is 12.2. The predicted molar refractivity (Wildman–Crippen MR) is 82.0 cm³/mol. The van der Waals surface area contributed by atoms with Crippen molar-refractivity contribution in [2.45, 2.75) is 6.54 Å². The highest BCUT2D eigenvalue weighted by Crippen LogP contribution is 2.13. The Morgan fingerprint density at radius 3 is 2.79 bits per heavy atom. The Bertz CT molecular complexity index is 882. The first-order valence-electron chi connectivity index (χ1n) is 6.84. The molecule has 0 radical (unpaired) electrons. The number of allylic oxidation sites excluding steroid dienone is 1. The smallest absolute Gasteiger partial charge is 0.269 e. The molecule has 0 spiro atoms. The molecule has 1 aromatic carbocycles. The molecule has 2 heterocycles. The molecule has 0 unspecified atom stereocenters. The molecular weight excluding hydrogens is 314 g/mol. The molecule has 0 atom stereocenters. The number of aromatic nitrogens is 6. The van der Waals surface area contributed by atoms with Gasteiger partial charge < -0.3 is 0 Å². The number of ketones is 1.